The Balaban J connectivity index is 2.20. The van der Waals surface area contributed by atoms with Crippen LogP contribution in [0.2, 0.25) is 0 Å². The fourth-order valence-electron chi connectivity index (χ4n) is 1.49. The maximum Gasteiger partial charge on any atom is 0.224 e. The summed E-state index contributed by atoms with van der Waals surface area (Å²) in [5.41, 5.74) is 0. The predicted octanol–water partition coefficient (Wildman–Crippen LogP) is 0.429. The first-order valence-electron chi connectivity index (χ1n) is 5.28. The maximum absolute atomic E-state index is 11.5. The summed E-state index contributed by atoms with van der Waals surface area (Å²) >= 11 is 0. The van der Waals surface area contributed by atoms with E-state index in [2.05, 4.69) is 17.6 Å². The van der Waals surface area contributed by atoms with Crippen LogP contribution in [0.4, 0.5) is 0 Å². The molecule has 1 aliphatic heterocycles. The molecule has 14 heavy (non-hydrogen) atoms. The van der Waals surface area contributed by atoms with Gasteiger partial charge in [0.2, 0.25) is 11.8 Å². The molecule has 0 aliphatic carbocycles. The smallest absolute Gasteiger partial charge is 0.224 e. The van der Waals surface area contributed by atoms with Crippen molar-refractivity contribution in [2.45, 2.75) is 32.6 Å². The van der Waals surface area contributed by atoms with Gasteiger partial charge in [-0.15, -0.1) is 0 Å². The van der Waals surface area contributed by atoms with Crippen molar-refractivity contribution in [3.63, 3.8) is 0 Å². The zero-order valence-electron chi connectivity index (χ0n) is 8.64. The largest absolute Gasteiger partial charge is 0.356 e. The average molecular weight is 198 g/mol. The number of hydrogen-bond donors (Lipinski definition) is 2. The molecule has 2 N–H and O–H groups in total. The van der Waals surface area contributed by atoms with E-state index in [0.29, 0.717) is 19.4 Å². The number of carbonyl (C=O) groups excluding carboxylic acids is 2. The van der Waals surface area contributed by atoms with E-state index in [4.69, 9.17) is 0 Å². The standard InChI is InChI=1S/C10H18N2O2/c1-2-3-6-11-10(14)8-4-5-9(13)12-7-8/h8H,2-7H2,1H3,(H,11,14)(H,12,13). The molecular formula is C10H18N2O2. The van der Waals surface area contributed by atoms with Crippen molar-refractivity contribution in [3.05, 3.63) is 0 Å². The molecular weight excluding hydrogens is 180 g/mol. The number of amides is 2. The first kappa shape index (κ1) is 11.0. The third-order valence-electron chi connectivity index (χ3n) is 2.47. The maximum atomic E-state index is 11.5. The second-order valence-electron chi connectivity index (χ2n) is 3.68. The molecule has 2 amide bonds. The van der Waals surface area contributed by atoms with E-state index in [0.717, 1.165) is 19.4 Å². The second-order valence-corrected chi connectivity index (χ2v) is 3.68. The number of carbonyl (C=O) groups is 2. The number of hydrogen-bond acceptors (Lipinski definition) is 2. The number of unbranched alkanes of at least 4 members (excludes halogenated alkanes) is 1. The normalized spacial score (nSPS) is 21.5. The van der Waals surface area contributed by atoms with Crippen molar-refractivity contribution < 1.29 is 9.59 Å². The Labute approximate surface area is 84.4 Å². The first-order valence-corrected chi connectivity index (χ1v) is 5.28. The van der Waals surface area contributed by atoms with Crippen LogP contribution in [0.15, 0.2) is 0 Å². The predicted molar refractivity (Wildman–Crippen MR) is 53.7 cm³/mol. The van der Waals surface area contributed by atoms with Crippen LogP contribution in [0.25, 0.3) is 0 Å². The van der Waals surface area contributed by atoms with E-state index in [1.54, 1.807) is 0 Å². The van der Waals surface area contributed by atoms with Crippen LogP contribution in [-0.4, -0.2) is 24.9 Å². The Morgan fingerprint density at radius 1 is 1.64 bits per heavy atom. The van der Waals surface area contributed by atoms with Gasteiger partial charge in [0.25, 0.3) is 0 Å². The summed E-state index contributed by atoms with van der Waals surface area (Å²) in [6, 6.07) is 0. The Morgan fingerprint density at radius 3 is 3.00 bits per heavy atom. The lowest BCUT2D eigenvalue weighted by atomic mass is 9.98. The van der Waals surface area contributed by atoms with Crippen molar-refractivity contribution in [2.75, 3.05) is 13.1 Å². The molecule has 1 aliphatic rings. The lowest BCUT2D eigenvalue weighted by Gasteiger charge is -2.21. The van der Waals surface area contributed by atoms with Gasteiger partial charge in [0.15, 0.2) is 0 Å². The molecule has 1 heterocycles. The van der Waals surface area contributed by atoms with E-state index in [1.807, 2.05) is 0 Å². The quantitative estimate of drug-likeness (QED) is 0.643. The third kappa shape index (κ3) is 3.36. The van der Waals surface area contributed by atoms with Gasteiger partial charge in [-0.25, -0.2) is 0 Å². The summed E-state index contributed by atoms with van der Waals surface area (Å²) in [7, 11) is 0. The zero-order valence-corrected chi connectivity index (χ0v) is 8.64. The van der Waals surface area contributed by atoms with Crippen molar-refractivity contribution in [2.24, 2.45) is 5.92 Å². The molecule has 0 aromatic rings. The van der Waals surface area contributed by atoms with Crippen LogP contribution in [0.3, 0.4) is 0 Å². The van der Waals surface area contributed by atoms with Crippen LogP contribution < -0.4 is 10.6 Å². The molecule has 1 saturated heterocycles. The van der Waals surface area contributed by atoms with Gasteiger partial charge >= 0.3 is 0 Å². The molecule has 0 aromatic carbocycles. The second kappa shape index (κ2) is 5.62. The van der Waals surface area contributed by atoms with Gasteiger partial charge in [-0.3, -0.25) is 9.59 Å². The minimum Gasteiger partial charge on any atom is -0.356 e. The van der Waals surface area contributed by atoms with Crippen molar-refractivity contribution in [3.8, 4) is 0 Å². The minimum absolute atomic E-state index is 0.0236. The molecule has 4 heteroatoms. The highest BCUT2D eigenvalue weighted by atomic mass is 16.2. The summed E-state index contributed by atoms with van der Waals surface area (Å²) in [5.74, 6) is 0.116. The Morgan fingerprint density at radius 2 is 2.43 bits per heavy atom. The highest BCUT2D eigenvalue weighted by molar-refractivity contribution is 5.83. The molecule has 1 atom stereocenters. The zero-order chi connectivity index (χ0) is 10.4. The summed E-state index contributed by atoms with van der Waals surface area (Å²) in [5, 5.41) is 5.58. The van der Waals surface area contributed by atoms with Crippen molar-refractivity contribution in [1.82, 2.24) is 10.6 Å². The van der Waals surface area contributed by atoms with E-state index >= 15 is 0 Å². The highest BCUT2D eigenvalue weighted by Gasteiger charge is 2.23. The molecule has 0 spiro atoms. The van der Waals surface area contributed by atoms with E-state index in [9.17, 15) is 9.59 Å². The lowest BCUT2D eigenvalue weighted by molar-refractivity contribution is -0.128. The Kier molecular flexibility index (Phi) is 4.43. The molecule has 0 bridgehead atoms. The average Bonchev–Trinajstić information content (AvgIpc) is 2.19. The number of piperidine rings is 1. The molecule has 4 nitrogen and oxygen atoms in total. The van der Waals surface area contributed by atoms with Crippen LogP contribution in [0, 0.1) is 5.92 Å². The van der Waals surface area contributed by atoms with Gasteiger partial charge < -0.3 is 10.6 Å². The van der Waals surface area contributed by atoms with Gasteiger partial charge in [-0.05, 0) is 12.8 Å². The lowest BCUT2D eigenvalue weighted by Crippen LogP contribution is -2.43. The topological polar surface area (TPSA) is 58.2 Å². The summed E-state index contributed by atoms with van der Waals surface area (Å²) < 4.78 is 0. The van der Waals surface area contributed by atoms with Crippen LogP contribution >= 0.6 is 0 Å². The molecule has 0 saturated carbocycles. The Bertz CT molecular complexity index is 206. The number of rotatable bonds is 4. The van der Waals surface area contributed by atoms with Crippen LogP contribution in [-0.2, 0) is 9.59 Å². The molecule has 80 valence electrons. The van der Waals surface area contributed by atoms with Crippen LogP contribution in [0.1, 0.15) is 32.6 Å². The molecule has 1 fully saturated rings. The molecule has 1 unspecified atom stereocenters. The van der Waals surface area contributed by atoms with Gasteiger partial charge in [-0.1, -0.05) is 13.3 Å². The summed E-state index contributed by atoms with van der Waals surface area (Å²) in [6.07, 6.45) is 3.27. The van der Waals surface area contributed by atoms with Gasteiger partial charge in [0.1, 0.15) is 0 Å². The van der Waals surface area contributed by atoms with Crippen molar-refractivity contribution in [1.29, 1.82) is 0 Å². The van der Waals surface area contributed by atoms with E-state index in [1.165, 1.54) is 0 Å². The van der Waals surface area contributed by atoms with E-state index in [-0.39, 0.29) is 17.7 Å². The fourth-order valence-corrected chi connectivity index (χ4v) is 1.49. The molecule has 1 rings (SSSR count). The third-order valence-corrected chi connectivity index (χ3v) is 2.47. The first-order chi connectivity index (χ1) is 6.74. The number of nitrogens with one attached hydrogen (secondary N) is 2. The van der Waals surface area contributed by atoms with Crippen LogP contribution in [0.5, 0.6) is 0 Å². The monoisotopic (exact) mass is 198 g/mol. The molecule has 0 radical (unpaired) electrons. The van der Waals surface area contributed by atoms with Gasteiger partial charge in [-0.2, -0.15) is 0 Å². The fraction of sp³-hybridized carbons (Fsp3) is 0.800. The highest BCUT2D eigenvalue weighted by Crippen LogP contribution is 2.10. The molecule has 0 aromatic heterocycles. The van der Waals surface area contributed by atoms with E-state index < -0.39 is 0 Å². The van der Waals surface area contributed by atoms with Gasteiger partial charge in [0, 0.05) is 19.5 Å². The summed E-state index contributed by atoms with van der Waals surface area (Å²) in [4.78, 5) is 22.4. The minimum atomic E-state index is -0.0236. The SMILES string of the molecule is CCCCNC(=O)C1CCC(=O)NC1. The van der Waals surface area contributed by atoms with Crippen molar-refractivity contribution >= 4 is 11.8 Å². The van der Waals surface area contributed by atoms with Gasteiger partial charge in [0.05, 0.1) is 5.92 Å². The summed E-state index contributed by atoms with van der Waals surface area (Å²) in [6.45, 7) is 3.34. The Hall–Kier alpha value is -1.06.